The van der Waals surface area contributed by atoms with Gasteiger partial charge in [-0.05, 0) is 36.8 Å². The van der Waals surface area contributed by atoms with Gasteiger partial charge in [0.2, 0.25) is 5.95 Å². The van der Waals surface area contributed by atoms with Gasteiger partial charge in [0.05, 0.1) is 19.3 Å². The summed E-state index contributed by atoms with van der Waals surface area (Å²) in [6.45, 7) is 5.16. The third kappa shape index (κ3) is 4.65. The van der Waals surface area contributed by atoms with Crippen LogP contribution < -0.4 is 26.2 Å². The normalized spacial score (nSPS) is 13.7. The molecule has 0 radical (unpaired) electrons. The number of anilines is 2. The molecule has 0 bridgehead atoms. The van der Waals surface area contributed by atoms with Crippen molar-refractivity contribution in [3.05, 3.63) is 80.5 Å². The zero-order valence-corrected chi connectivity index (χ0v) is 22.8. The Bertz CT molecular complexity index is 1630. The molecule has 0 atom stereocenters. The maximum atomic E-state index is 13.3. The summed E-state index contributed by atoms with van der Waals surface area (Å²) in [5.41, 5.74) is 3.07. The van der Waals surface area contributed by atoms with Crippen molar-refractivity contribution in [3.63, 3.8) is 0 Å². The number of benzene rings is 2. The number of thiocarbonyl (C=S) groups is 1. The second kappa shape index (κ2) is 10.3. The van der Waals surface area contributed by atoms with Gasteiger partial charge in [-0.15, -0.1) is 0 Å². The fourth-order valence-electron chi connectivity index (χ4n) is 4.87. The number of fused-ring (bicyclic) bond motifs is 1. The topological polar surface area (TPSA) is 89.6 Å². The number of hydrogen-bond donors (Lipinski definition) is 1. The molecule has 1 fully saturated rings. The minimum atomic E-state index is -0.396. The molecule has 1 saturated heterocycles. The van der Waals surface area contributed by atoms with Crippen LogP contribution in [0.4, 0.5) is 11.6 Å². The van der Waals surface area contributed by atoms with Crippen LogP contribution in [0.5, 0.6) is 5.75 Å². The number of nitrogens with zero attached hydrogens (tertiary/aromatic N) is 6. The minimum Gasteiger partial charge on any atom is -0.495 e. The first kappa shape index (κ1) is 25.5. The monoisotopic (exact) mass is 533 g/mol. The molecule has 5 rings (SSSR count). The van der Waals surface area contributed by atoms with Gasteiger partial charge in [-0.1, -0.05) is 42.0 Å². The predicted octanol–water partition coefficient (Wildman–Crippen LogP) is 2.32. The Labute approximate surface area is 225 Å². The third-order valence-corrected chi connectivity index (χ3v) is 7.31. The van der Waals surface area contributed by atoms with Gasteiger partial charge in [0, 0.05) is 40.3 Å². The largest absolute Gasteiger partial charge is 0.495 e. The van der Waals surface area contributed by atoms with Crippen molar-refractivity contribution in [2.45, 2.75) is 13.5 Å². The van der Waals surface area contributed by atoms with E-state index in [9.17, 15) is 9.59 Å². The minimum absolute atomic E-state index is 0.352. The van der Waals surface area contributed by atoms with E-state index in [1.54, 1.807) is 14.2 Å². The van der Waals surface area contributed by atoms with Crippen molar-refractivity contribution in [2.24, 2.45) is 14.1 Å². The Balaban J connectivity index is 1.45. The Morgan fingerprint density at radius 3 is 2.47 bits per heavy atom. The van der Waals surface area contributed by atoms with Gasteiger partial charge >= 0.3 is 5.69 Å². The zero-order valence-electron chi connectivity index (χ0n) is 22.0. The van der Waals surface area contributed by atoms with Gasteiger partial charge in [0.25, 0.3) is 5.56 Å². The number of imidazole rings is 1. The van der Waals surface area contributed by atoms with E-state index in [-0.39, 0.29) is 5.56 Å². The average Bonchev–Trinajstić information content (AvgIpc) is 3.30. The molecule has 1 N–H and O–H groups in total. The van der Waals surface area contributed by atoms with Crippen LogP contribution in [0, 0.1) is 6.92 Å². The van der Waals surface area contributed by atoms with Crippen molar-refractivity contribution in [2.75, 3.05) is 43.5 Å². The van der Waals surface area contributed by atoms with Crippen LogP contribution in [-0.2, 0) is 20.6 Å². The van der Waals surface area contributed by atoms with Crippen molar-refractivity contribution >= 4 is 40.1 Å². The Hall–Kier alpha value is -4.12. The second-order valence-electron chi connectivity index (χ2n) is 9.47. The molecular formula is C27H31N7O3S. The van der Waals surface area contributed by atoms with Crippen LogP contribution in [0.3, 0.4) is 0 Å². The quantitative estimate of drug-likeness (QED) is 0.391. The fourth-order valence-corrected chi connectivity index (χ4v) is 5.16. The molecule has 2 aromatic heterocycles. The summed E-state index contributed by atoms with van der Waals surface area (Å²) in [7, 11) is 4.79. The number of ether oxygens (including phenoxy) is 1. The number of aryl methyl sites for hydroxylation is 2. The number of hydrogen-bond acceptors (Lipinski definition) is 6. The Morgan fingerprint density at radius 2 is 1.76 bits per heavy atom. The maximum Gasteiger partial charge on any atom is 0.332 e. The molecule has 0 unspecified atom stereocenters. The van der Waals surface area contributed by atoms with E-state index < -0.39 is 5.69 Å². The van der Waals surface area contributed by atoms with Crippen molar-refractivity contribution < 1.29 is 4.74 Å². The van der Waals surface area contributed by atoms with Crippen LogP contribution in [0.15, 0.2) is 58.1 Å². The number of para-hydroxylation sites is 2. The highest BCUT2D eigenvalue weighted by Gasteiger charge is 2.26. The van der Waals surface area contributed by atoms with E-state index in [0.717, 1.165) is 27.1 Å². The lowest BCUT2D eigenvalue weighted by Gasteiger charge is -2.37. The van der Waals surface area contributed by atoms with E-state index >= 15 is 0 Å². The third-order valence-electron chi connectivity index (χ3n) is 6.95. The number of nitrogens with one attached hydrogen (secondary N) is 1. The summed E-state index contributed by atoms with van der Waals surface area (Å²) in [4.78, 5) is 35.0. The summed E-state index contributed by atoms with van der Waals surface area (Å²) < 4.78 is 9.95. The number of methoxy groups -OCH3 is 1. The van der Waals surface area contributed by atoms with Crippen LogP contribution in [0.1, 0.15) is 11.1 Å². The molecule has 11 heteroatoms. The highest BCUT2D eigenvalue weighted by atomic mass is 32.1. The SMILES string of the molecule is COc1ccccc1NC(=S)N1CCN(c2nc3c(c(=O)n(C)c(=O)n3C)n2Cc2cccc(C)c2)CC1. The van der Waals surface area contributed by atoms with E-state index in [2.05, 4.69) is 21.2 Å². The molecule has 38 heavy (non-hydrogen) atoms. The standard InChI is InChI=1S/C27H31N7O3S/c1-18-8-7-9-19(16-18)17-34-22-23(30(2)27(36)31(3)24(22)35)29-25(34)32-12-14-33(15-13-32)26(38)28-20-10-5-6-11-21(20)37-4/h5-11,16H,12-15,17H2,1-4H3,(H,28,38). The molecule has 0 spiro atoms. The molecule has 0 amide bonds. The fraction of sp³-hybridized carbons (Fsp3) is 0.333. The molecular weight excluding hydrogens is 502 g/mol. The first-order valence-corrected chi connectivity index (χ1v) is 12.8. The first-order valence-electron chi connectivity index (χ1n) is 12.4. The average molecular weight is 534 g/mol. The molecule has 4 aromatic rings. The summed E-state index contributed by atoms with van der Waals surface area (Å²) >= 11 is 5.70. The molecule has 3 heterocycles. The molecule has 2 aromatic carbocycles. The molecule has 0 saturated carbocycles. The van der Waals surface area contributed by atoms with Gasteiger partial charge in [-0.25, -0.2) is 4.79 Å². The van der Waals surface area contributed by atoms with E-state index in [4.69, 9.17) is 21.9 Å². The molecule has 198 valence electrons. The number of piperazine rings is 1. The van der Waals surface area contributed by atoms with Crippen molar-refractivity contribution in [3.8, 4) is 5.75 Å². The van der Waals surface area contributed by atoms with E-state index in [0.29, 0.717) is 54.9 Å². The predicted molar refractivity (Wildman–Crippen MR) is 153 cm³/mol. The van der Waals surface area contributed by atoms with Crippen LogP contribution in [0.2, 0.25) is 0 Å². The van der Waals surface area contributed by atoms with Gasteiger partial charge in [-0.2, -0.15) is 4.98 Å². The Morgan fingerprint density at radius 1 is 1.03 bits per heavy atom. The highest BCUT2D eigenvalue weighted by molar-refractivity contribution is 7.80. The summed E-state index contributed by atoms with van der Waals surface area (Å²) in [6.07, 6.45) is 0. The smallest absolute Gasteiger partial charge is 0.332 e. The first-order chi connectivity index (χ1) is 18.3. The van der Waals surface area contributed by atoms with Crippen molar-refractivity contribution in [1.29, 1.82) is 0 Å². The van der Waals surface area contributed by atoms with Crippen LogP contribution >= 0.6 is 12.2 Å². The van der Waals surface area contributed by atoms with Gasteiger partial charge in [-0.3, -0.25) is 18.5 Å². The van der Waals surface area contributed by atoms with Crippen LogP contribution in [-0.4, -0.2) is 62.0 Å². The number of aromatic nitrogens is 4. The molecule has 0 aliphatic carbocycles. The lowest BCUT2D eigenvalue weighted by atomic mass is 10.1. The molecule has 1 aliphatic heterocycles. The number of rotatable bonds is 5. The van der Waals surface area contributed by atoms with Crippen LogP contribution in [0.25, 0.3) is 11.2 Å². The maximum absolute atomic E-state index is 13.3. The summed E-state index contributed by atoms with van der Waals surface area (Å²) in [6, 6.07) is 15.8. The van der Waals surface area contributed by atoms with E-state index in [1.165, 1.54) is 11.6 Å². The summed E-state index contributed by atoms with van der Waals surface area (Å²) in [5, 5.41) is 3.92. The molecule has 1 aliphatic rings. The van der Waals surface area contributed by atoms with Crippen molar-refractivity contribution in [1.82, 2.24) is 23.6 Å². The second-order valence-corrected chi connectivity index (χ2v) is 9.86. The van der Waals surface area contributed by atoms with Gasteiger partial charge < -0.3 is 19.9 Å². The highest BCUT2D eigenvalue weighted by Crippen LogP contribution is 2.25. The lowest BCUT2D eigenvalue weighted by molar-refractivity contribution is 0.386. The Kier molecular flexibility index (Phi) is 6.94. The lowest BCUT2D eigenvalue weighted by Crippen LogP contribution is -2.50. The zero-order chi connectivity index (χ0) is 27.0. The van der Waals surface area contributed by atoms with Gasteiger partial charge in [0.15, 0.2) is 16.3 Å². The van der Waals surface area contributed by atoms with E-state index in [1.807, 2.05) is 54.0 Å². The summed E-state index contributed by atoms with van der Waals surface area (Å²) in [5.74, 6) is 1.40. The van der Waals surface area contributed by atoms with Gasteiger partial charge in [0.1, 0.15) is 5.75 Å². The molecule has 10 nitrogen and oxygen atoms in total.